The quantitative estimate of drug-likeness (QED) is 0.742. The summed E-state index contributed by atoms with van der Waals surface area (Å²) in [6.07, 6.45) is 7.63. The molecule has 0 radical (unpaired) electrons. The Kier molecular flexibility index (Phi) is 3.56. The predicted molar refractivity (Wildman–Crippen MR) is 104 cm³/mol. The monoisotopic (exact) mass is 348 g/mol. The van der Waals surface area contributed by atoms with Gasteiger partial charge in [0.05, 0.1) is 5.56 Å². The van der Waals surface area contributed by atoms with E-state index in [0.29, 0.717) is 11.0 Å². The Hall–Kier alpha value is -2.55. The third-order valence-corrected chi connectivity index (χ3v) is 6.44. The number of carboxylic acids is 1. The summed E-state index contributed by atoms with van der Waals surface area (Å²) in [5.41, 5.74) is 6.69. The van der Waals surface area contributed by atoms with Crippen molar-refractivity contribution in [1.29, 1.82) is 0 Å². The summed E-state index contributed by atoms with van der Waals surface area (Å²) in [6.45, 7) is 6.90. The highest BCUT2D eigenvalue weighted by Gasteiger charge is 2.52. The molecule has 2 aliphatic rings. The molecule has 26 heavy (non-hydrogen) atoms. The molecule has 0 aromatic heterocycles. The van der Waals surface area contributed by atoms with Gasteiger partial charge in [0.1, 0.15) is 5.75 Å². The lowest BCUT2D eigenvalue weighted by Gasteiger charge is -2.28. The number of hydrogen-bond acceptors (Lipinski definition) is 2. The van der Waals surface area contributed by atoms with Crippen LogP contribution >= 0.6 is 0 Å². The maximum atomic E-state index is 11.0. The lowest BCUT2D eigenvalue weighted by Crippen LogP contribution is -2.18. The average molecular weight is 348 g/mol. The standard InChI is InChI=1S/C23H24O3/c1-14-10-18-19(23(3)9-8-22(18,2)13-23)11-16(14)6-4-15-5-7-17(21(25)26)12-20(15)24/h4-7,10-12,24H,8-9,13H2,1-3H3,(H,25,26). The van der Waals surface area contributed by atoms with Gasteiger partial charge < -0.3 is 10.2 Å². The Morgan fingerprint density at radius 3 is 2.23 bits per heavy atom. The first-order valence-corrected chi connectivity index (χ1v) is 9.12. The van der Waals surface area contributed by atoms with Crippen LogP contribution in [0.3, 0.4) is 0 Å². The van der Waals surface area contributed by atoms with E-state index >= 15 is 0 Å². The lowest BCUT2D eigenvalue weighted by molar-refractivity contribution is 0.0696. The van der Waals surface area contributed by atoms with Crippen LogP contribution in [0.4, 0.5) is 0 Å². The maximum absolute atomic E-state index is 11.0. The normalized spacial score (nSPS) is 26.4. The minimum atomic E-state index is -1.04. The molecule has 2 aliphatic carbocycles. The van der Waals surface area contributed by atoms with Gasteiger partial charge in [0, 0.05) is 5.56 Å². The second kappa shape index (κ2) is 5.47. The molecule has 3 heteroatoms. The molecule has 2 atom stereocenters. The Bertz CT molecular complexity index is 956. The van der Waals surface area contributed by atoms with Gasteiger partial charge in [-0.2, -0.15) is 0 Å². The third-order valence-electron chi connectivity index (χ3n) is 6.44. The van der Waals surface area contributed by atoms with Crippen LogP contribution in [-0.2, 0) is 10.8 Å². The summed E-state index contributed by atoms with van der Waals surface area (Å²) in [6, 6.07) is 9.10. The van der Waals surface area contributed by atoms with Gasteiger partial charge in [0.15, 0.2) is 0 Å². The van der Waals surface area contributed by atoms with E-state index in [9.17, 15) is 9.90 Å². The van der Waals surface area contributed by atoms with Crippen LogP contribution in [-0.4, -0.2) is 16.2 Å². The molecule has 2 aromatic carbocycles. The third kappa shape index (κ3) is 2.45. The van der Waals surface area contributed by atoms with Crippen LogP contribution in [0.15, 0.2) is 30.3 Å². The van der Waals surface area contributed by atoms with E-state index in [0.717, 1.165) is 5.56 Å². The molecule has 2 aromatic rings. The van der Waals surface area contributed by atoms with Gasteiger partial charge in [-0.25, -0.2) is 4.79 Å². The Labute approximate surface area is 154 Å². The van der Waals surface area contributed by atoms with E-state index in [1.807, 2.05) is 12.2 Å². The minimum absolute atomic E-state index is 0.0153. The van der Waals surface area contributed by atoms with E-state index in [4.69, 9.17) is 5.11 Å². The van der Waals surface area contributed by atoms with E-state index in [1.165, 1.54) is 48.1 Å². The van der Waals surface area contributed by atoms with Gasteiger partial charge in [-0.15, -0.1) is 0 Å². The van der Waals surface area contributed by atoms with E-state index in [1.54, 1.807) is 6.07 Å². The second-order valence-electron chi connectivity index (χ2n) is 8.46. The van der Waals surface area contributed by atoms with Gasteiger partial charge in [0.25, 0.3) is 0 Å². The summed E-state index contributed by atoms with van der Waals surface area (Å²) in [5.74, 6) is -1.06. The van der Waals surface area contributed by atoms with Crippen molar-refractivity contribution in [3.63, 3.8) is 0 Å². The van der Waals surface area contributed by atoms with Crippen molar-refractivity contribution >= 4 is 18.1 Å². The van der Waals surface area contributed by atoms with Gasteiger partial charge >= 0.3 is 5.97 Å². The number of hydrogen-bond donors (Lipinski definition) is 2. The largest absolute Gasteiger partial charge is 0.507 e. The smallest absolute Gasteiger partial charge is 0.335 e. The van der Waals surface area contributed by atoms with Crippen molar-refractivity contribution in [1.82, 2.24) is 0 Å². The van der Waals surface area contributed by atoms with Crippen molar-refractivity contribution in [3.8, 4) is 5.75 Å². The SMILES string of the molecule is Cc1cc2c(cc1C=Cc1ccc(C(=O)O)cc1O)C1(C)CCC2(C)C1. The fraction of sp³-hybridized carbons (Fsp3) is 0.348. The van der Waals surface area contributed by atoms with Crippen LogP contribution in [0.5, 0.6) is 5.75 Å². The van der Waals surface area contributed by atoms with E-state index in [-0.39, 0.29) is 16.7 Å². The molecule has 0 saturated heterocycles. The molecule has 0 spiro atoms. The summed E-state index contributed by atoms with van der Waals surface area (Å²) in [7, 11) is 0. The van der Waals surface area contributed by atoms with E-state index in [2.05, 4.69) is 32.9 Å². The fourth-order valence-corrected chi connectivity index (χ4v) is 4.95. The highest BCUT2D eigenvalue weighted by atomic mass is 16.4. The molecule has 0 amide bonds. The maximum Gasteiger partial charge on any atom is 0.335 e. The molecule has 2 unspecified atom stereocenters. The molecule has 1 saturated carbocycles. The Morgan fingerprint density at radius 2 is 1.62 bits per heavy atom. The number of fused-ring (bicyclic) bond motifs is 5. The average Bonchev–Trinajstić information content (AvgIpc) is 3.01. The first-order chi connectivity index (χ1) is 12.2. The van der Waals surface area contributed by atoms with Crippen LogP contribution in [0.25, 0.3) is 12.2 Å². The predicted octanol–water partition coefficient (Wildman–Crippen LogP) is 5.28. The van der Waals surface area contributed by atoms with Crippen LogP contribution in [0, 0.1) is 6.92 Å². The topological polar surface area (TPSA) is 57.5 Å². The molecule has 2 bridgehead atoms. The van der Waals surface area contributed by atoms with Crippen LogP contribution in [0.1, 0.15) is 71.3 Å². The van der Waals surface area contributed by atoms with Gasteiger partial charge in [-0.05, 0) is 71.4 Å². The molecule has 0 heterocycles. The number of rotatable bonds is 3. The first-order valence-electron chi connectivity index (χ1n) is 9.12. The molecule has 2 N–H and O–H groups in total. The van der Waals surface area contributed by atoms with Gasteiger partial charge in [0.2, 0.25) is 0 Å². The number of aromatic hydroxyl groups is 1. The number of phenolic OH excluding ortho intramolecular Hbond substituents is 1. The summed E-state index contributed by atoms with van der Waals surface area (Å²) in [5, 5.41) is 19.1. The van der Waals surface area contributed by atoms with Crippen molar-refractivity contribution in [3.05, 3.63) is 63.7 Å². The van der Waals surface area contributed by atoms with E-state index < -0.39 is 5.97 Å². The van der Waals surface area contributed by atoms with Gasteiger partial charge in [-0.1, -0.05) is 44.2 Å². The number of benzene rings is 2. The summed E-state index contributed by atoms with van der Waals surface area (Å²) >= 11 is 0. The van der Waals surface area contributed by atoms with Gasteiger partial charge in [-0.3, -0.25) is 0 Å². The highest BCUT2D eigenvalue weighted by Crippen LogP contribution is 2.60. The number of phenols is 1. The molecule has 134 valence electrons. The van der Waals surface area contributed by atoms with Crippen molar-refractivity contribution in [2.75, 3.05) is 0 Å². The van der Waals surface area contributed by atoms with Crippen LogP contribution < -0.4 is 0 Å². The first kappa shape index (κ1) is 16.9. The molecular formula is C23H24O3. The second-order valence-corrected chi connectivity index (χ2v) is 8.46. The van der Waals surface area contributed by atoms with Crippen LogP contribution in [0.2, 0.25) is 0 Å². The molecule has 4 rings (SSSR count). The summed E-state index contributed by atoms with van der Waals surface area (Å²) < 4.78 is 0. The summed E-state index contributed by atoms with van der Waals surface area (Å²) in [4.78, 5) is 11.0. The fourth-order valence-electron chi connectivity index (χ4n) is 4.95. The van der Waals surface area contributed by atoms with Crippen molar-refractivity contribution in [2.45, 2.75) is 50.9 Å². The van der Waals surface area contributed by atoms with Crippen molar-refractivity contribution < 1.29 is 15.0 Å². The zero-order valence-corrected chi connectivity index (χ0v) is 15.5. The number of aryl methyl sites for hydroxylation is 1. The molecule has 3 nitrogen and oxygen atoms in total. The van der Waals surface area contributed by atoms with Crippen molar-refractivity contribution in [2.24, 2.45) is 0 Å². The molecule has 0 aliphatic heterocycles. The lowest BCUT2D eigenvalue weighted by atomic mass is 9.77. The Balaban J connectivity index is 1.70. The number of carboxylic acid groups (broad SMARTS) is 1. The zero-order valence-electron chi connectivity index (χ0n) is 15.5. The Morgan fingerprint density at radius 1 is 1.00 bits per heavy atom. The number of aromatic carboxylic acids is 1. The molecule has 1 fully saturated rings. The highest BCUT2D eigenvalue weighted by molar-refractivity contribution is 5.89. The zero-order chi connectivity index (χ0) is 18.7. The molecular weight excluding hydrogens is 324 g/mol. The minimum Gasteiger partial charge on any atom is -0.507 e. The number of carbonyl (C=O) groups is 1.